The first kappa shape index (κ1) is 14.3. The lowest BCUT2D eigenvalue weighted by Gasteiger charge is -2.34. The number of thiophene rings is 1. The van der Waals surface area contributed by atoms with Crippen molar-refractivity contribution >= 4 is 33.3 Å². The number of aryl methyl sites for hydroxylation is 1. The molecule has 0 saturated heterocycles. The molecule has 1 aliphatic carbocycles. The molecule has 0 amide bonds. The summed E-state index contributed by atoms with van der Waals surface area (Å²) in [6, 6.07) is 10.7. The van der Waals surface area contributed by atoms with Crippen LogP contribution in [0.3, 0.4) is 0 Å². The van der Waals surface area contributed by atoms with Gasteiger partial charge in [-0.2, -0.15) is 0 Å². The second-order valence-corrected chi connectivity index (χ2v) is 7.61. The minimum absolute atomic E-state index is 0.0919. The molecule has 2 aromatic rings. The van der Waals surface area contributed by atoms with Crippen molar-refractivity contribution in [2.45, 2.75) is 31.7 Å². The quantitative estimate of drug-likeness (QED) is 0.795. The van der Waals surface area contributed by atoms with E-state index in [-0.39, 0.29) is 6.04 Å². The molecule has 3 nitrogen and oxygen atoms in total. The standard InChI is InChI=1S/C17H19N3S2/c1-21-17-19-16-14(12-9-5-6-10-13(12)22-16)15(20(17)18)11-7-3-2-4-8-11/h2-4,7-8,15H,5-6,9-10,18H2,1H3. The van der Waals surface area contributed by atoms with Gasteiger partial charge in [-0.25, -0.2) is 10.8 Å². The minimum Gasteiger partial charge on any atom is -0.277 e. The Morgan fingerprint density at radius 2 is 2.00 bits per heavy atom. The number of nitrogens with zero attached hydrogens (tertiary/aromatic N) is 2. The van der Waals surface area contributed by atoms with E-state index in [9.17, 15) is 0 Å². The third-order valence-corrected chi connectivity index (χ3v) is 6.33. The number of rotatable bonds is 1. The van der Waals surface area contributed by atoms with E-state index in [1.165, 1.54) is 52.3 Å². The third kappa shape index (κ3) is 2.19. The molecular formula is C17H19N3S2. The molecule has 1 atom stereocenters. The van der Waals surface area contributed by atoms with Crippen molar-refractivity contribution in [3.8, 4) is 0 Å². The number of aliphatic imine (C=N–C) groups is 1. The molecule has 2 N–H and O–H groups in total. The van der Waals surface area contributed by atoms with Crippen molar-refractivity contribution in [3.63, 3.8) is 0 Å². The van der Waals surface area contributed by atoms with Crippen LogP contribution in [0.25, 0.3) is 0 Å². The Balaban J connectivity index is 1.92. The first-order chi connectivity index (χ1) is 10.8. The lowest BCUT2D eigenvalue weighted by atomic mass is 9.89. The fourth-order valence-corrected chi connectivity index (χ4v) is 5.30. The Kier molecular flexibility index (Phi) is 3.72. The number of thioether (sulfide) groups is 1. The summed E-state index contributed by atoms with van der Waals surface area (Å²) in [5.74, 6) is 6.46. The molecule has 0 bridgehead atoms. The van der Waals surface area contributed by atoms with Crippen LogP contribution in [0.2, 0.25) is 0 Å². The maximum absolute atomic E-state index is 6.46. The summed E-state index contributed by atoms with van der Waals surface area (Å²) < 4.78 is 0. The Labute approximate surface area is 139 Å². The van der Waals surface area contributed by atoms with Gasteiger partial charge in [0, 0.05) is 10.4 Å². The van der Waals surface area contributed by atoms with E-state index in [0.717, 1.165) is 5.17 Å². The molecule has 4 rings (SSSR count). The summed E-state index contributed by atoms with van der Waals surface area (Å²) in [6.45, 7) is 0. The van der Waals surface area contributed by atoms with E-state index in [0.29, 0.717) is 0 Å². The van der Waals surface area contributed by atoms with Gasteiger partial charge in [0.25, 0.3) is 0 Å². The van der Waals surface area contributed by atoms with Crippen LogP contribution in [0.4, 0.5) is 5.00 Å². The lowest BCUT2D eigenvalue weighted by Crippen LogP contribution is -2.41. The highest BCUT2D eigenvalue weighted by Crippen LogP contribution is 2.49. The molecule has 1 aliphatic heterocycles. The first-order valence-corrected chi connectivity index (χ1v) is 9.69. The van der Waals surface area contributed by atoms with E-state index >= 15 is 0 Å². The maximum Gasteiger partial charge on any atom is 0.180 e. The maximum atomic E-state index is 6.46. The van der Waals surface area contributed by atoms with Crippen LogP contribution in [0.15, 0.2) is 35.3 Å². The number of amidine groups is 1. The van der Waals surface area contributed by atoms with Crippen LogP contribution in [-0.4, -0.2) is 16.4 Å². The van der Waals surface area contributed by atoms with Crippen LogP contribution < -0.4 is 5.84 Å². The van der Waals surface area contributed by atoms with Gasteiger partial charge in [0.05, 0.1) is 0 Å². The van der Waals surface area contributed by atoms with Gasteiger partial charge in [-0.1, -0.05) is 42.1 Å². The van der Waals surface area contributed by atoms with Crippen LogP contribution >= 0.6 is 23.1 Å². The molecule has 22 heavy (non-hydrogen) atoms. The van der Waals surface area contributed by atoms with E-state index in [4.69, 9.17) is 10.8 Å². The highest BCUT2D eigenvalue weighted by molar-refractivity contribution is 8.13. The summed E-state index contributed by atoms with van der Waals surface area (Å²) in [6.07, 6.45) is 6.99. The van der Waals surface area contributed by atoms with Gasteiger partial charge >= 0.3 is 0 Å². The summed E-state index contributed by atoms with van der Waals surface area (Å²) in [4.78, 5) is 6.35. The number of nitrogens with two attached hydrogens (primary N) is 1. The van der Waals surface area contributed by atoms with E-state index in [1.807, 2.05) is 22.6 Å². The highest BCUT2D eigenvalue weighted by Gasteiger charge is 2.35. The zero-order chi connectivity index (χ0) is 15.1. The molecule has 5 heteroatoms. The highest BCUT2D eigenvalue weighted by atomic mass is 32.2. The van der Waals surface area contributed by atoms with Gasteiger partial charge in [-0.15, -0.1) is 11.3 Å². The average molecular weight is 329 g/mol. The molecule has 1 unspecified atom stereocenters. The van der Waals surface area contributed by atoms with Crippen LogP contribution in [-0.2, 0) is 12.8 Å². The van der Waals surface area contributed by atoms with Gasteiger partial charge in [-0.05, 0) is 43.1 Å². The van der Waals surface area contributed by atoms with Crippen molar-refractivity contribution in [2.75, 3.05) is 6.26 Å². The third-order valence-electron chi connectivity index (χ3n) is 4.46. The van der Waals surface area contributed by atoms with Gasteiger partial charge in [0.15, 0.2) is 5.17 Å². The van der Waals surface area contributed by atoms with Crippen LogP contribution in [0, 0.1) is 0 Å². The minimum atomic E-state index is 0.0919. The summed E-state index contributed by atoms with van der Waals surface area (Å²) >= 11 is 3.49. The van der Waals surface area contributed by atoms with Crippen molar-refractivity contribution in [2.24, 2.45) is 10.8 Å². The molecule has 0 spiro atoms. The molecular weight excluding hydrogens is 310 g/mol. The Bertz CT molecular complexity index is 721. The predicted octanol–water partition coefficient (Wildman–Crippen LogP) is 4.26. The molecule has 0 radical (unpaired) electrons. The largest absolute Gasteiger partial charge is 0.277 e. The Morgan fingerprint density at radius 3 is 2.77 bits per heavy atom. The number of hydrogen-bond donors (Lipinski definition) is 1. The molecule has 1 aromatic carbocycles. The summed E-state index contributed by atoms with van der Waals surface area (Å²) in [7, 11) is 0. The smallest absolute Gasteiger partial charge is 0.180 e. The van der Waals surface area contributed by atoms with E-state index < -0.39 is 0 Å². The normalized spacial score (nSPS) is 20.4. The van der Waals surface area contributed by atoms with E-state index in [1.54, 1.807) is 11.8 Å². The number of hydrazine groups is 1. The van der Waals surface area contributed by atoms with Crippen molar-refractivity contribution < 1.29 is 0 Å². The Hall–Kier alpha value is -1.30. The van der Waals surface area contributed by atoms with Gasteiger partial charge in [-0.3, -0.25) is 5.01 Å². The van der Waals surface area contributed by atoms with Crippen LogP contribution in [0.5, 0.6) is 0 Å². The van der Waals surface area contributed by atoms with Crippen LogP contribution in [0.1, 0.15) is 40.5 Å². The molecule has 0 saturated carbocycles. The molecule has 2 aliphatic rings. The van der Waals surface area contributed by atoms with Crippen molar-refractivity contribution in [3.05, 3.63) is 51.9 Å². The van der Waals surface area contributed by atoms with Gasteiger partial charge < -0.3 is 0 Å². The van der Waals surface area contributed by atoms with Gasteiger partial charge in [0.2, 0.25) is 0 Å². The SMILES string of the molecule is CSC1=Nc2sc3c(c2C(c2ccccc2)N1N)CCCC3. The second kappa shape index (κ2) is 5.72. The molecule has 114 valence electrons. The zero-order valence-electron chi connectivity index (χ0n) is 12.6. The lowest BCUT2D eigenvalue weighted by molar-refractivity contribution is 0.372. The van der Waals surface area contributed by atoms with E-state index in [2.05, 4.69) is 30.3 Å². The summed E-state index contributed by atoms with van der Waals surface area (Å²) in [5.41, 5.74) is 4.12. The second-order valence-electron chi connectivity index (χ2n) is 5.75. The molecule has 1 aromatic heterocycles. The van der Waals surface area contributed by atoms with Crippen molar-refractivity contribution in [1.82, 2.24) is 5.01 Å². The van der Waals surface area contributed by atoms with Gasteiger partial charge in [0.1, 0.15) is 11.0 Å². The average Bonchev–Trinajstić information content (AvgIpc) is 2.93. The van der Waals surface area contributed by atoms with Crippen molar-refractivity contribution in [1.29, 1.82) is 0 Å². The zero-order valence-corrected chi connectivity index (χ0v) is 14.2. The topological polar surface area (TPSA) is 41.6 Å². The number of fused-ring (bicyclic) bond motifs is 3. The first-order valence-electron chi connectivity index (χ1n) is 7.65. The Morgan fingerprint density at radius 1 is 1.23 bits per heavy atom. The monoisotopic (exact) mass is 329 g/mol. The number of benzene rings is 1. The summed E-state index contributed by atoms with van der Waals surface area (Å²) in [5, 5.41) is 3.93. The fraction of sp³-hybridized carbons (Fsp3) is 0.353. The molecule has 2 heterocycles. The number of hydrogen-bond acceptors (Lipinski definition) is 5. The molecule has 0 fully saturated rings. The predicted molar refractivity (Wildman–Crippen MR) is 95.9 cm³/mol. The fourth-order valence-electron chi connectivity index (χ4n) is 3.45.